The van der Waals surface area contributed by atoms with Gasteiger partial charge in [-0.05, 0) is 25.0 Å². The van der Waals surface area contributed by atoms with Crippen molar-refractivity contribution in [3.8, 4) is 0 Å². The molecule has 0 amide bonds. The number of benzene rings is 1. The van der Waals surface area contributed by atoms with Crippen molar-refractivity contribution in [3.63, 3.8) is 0 Å². The van der Waals surface area contributed by atoms with E-state index in [1.807, 2.05) is 6.07 Å². The van der Waals surface area contributed by atoms with Gasteiger partial charge in [-0.1, -0.05) is 18.2 Å². The van der Waals surface area contributed by atoms with Crippen molar-refractivity contribution < 1.29 is 13.5 Å². The second kappa shape index (κ2) is 4.16. The molecule has 1 saturated heterocycles. The van der Waals surface area contributed by atoms with E-state index in [0.29, 0.717) is 17.9 Å². The van der Waals surface area contributed by atoms with Gasteiger partial charge in [-0.25, -0.2) is 8.42 Å². The Morgan fingerprint density at radius 2 is 2.06 bits per heavy atom. The van der Waals surface area contributed by atoms with Crippen LogP contribution in [-0.2, 0) is 10.0 Å². The van der Waals surface area contributed by atoms with Crippen LogP contribution < -0.4 is 0 Å². The van der Waals surface area contributed by atoms with E-state index < -0.39 is 16.1 Å². The molecule has 88 valence electrons. The van der Waals surface area contributed by atoms with Gasteiger partial charge in [-0.3, -0.25) is 0 Å². The molecule has 0 bridgehead atoms. The highest BCUT2D eigenvalue weighted by atomic mass is 32.2. The molecule has 0 radical (unpaired) electrons. The summed E-state index contributed by atoms with van der Waals surface area (Å²) in [7, 11) is -3.43. The lowest BCUT2D eigenvalue weighted by Crippen LogP contribution is -2.30. The molecule has 0 aromatic heterocycles. The minimum atomic E-state index is -3.43. The molecule has 1 aliphatic rings. The van der Waals surface area contributed by atoms with Crippen molar-refractivity contribution >= 4 is 10.0 Å². The van der Waals surface area contributed by atoms with Crippen molar-refractivity contribution in [2.24, 2.45) is 0 Å². The maximum Gasteiger partial charge on any atom is 0.243 e. The summed E-state index contributed by atoms with van der Waals surface area (Å²) < 4.78 is 25.8. The first kappa shape index (κ1) is 11.6. The van der Waals surface area contributed by atoms with E-state index in [-0.39, 0.29) is 6.54 Å². The van der Waals surface area contributed by atoms with Crippen LogP contribution in [0.25, 0.3) is 0 Å². The van der Waals surface area contributed by atoms with E-state index in [0.717, 1.165) is 5.56 Å². The van der Waals surface area contributed by atoms with E-state index in [4.69, 9.17) is 0 Å². The first-order valence-electron chi connectivity index (χ1n) is 5.25. The van der Waals surface area contributed by atoms with Gasteiger partial charge >= 0.3 is 0 Å². The lowest BCUT2D eigenvalue weighted by molar-refractivity contribution is 0.189. The SMILES string of the molecule is Cc1ccccc1S(=O)(=O)N1CC[C@@H](O)C1. The number of aliphatic hydroxyl groups excluding tert-OH is 1. The minimum Gasteiger partial charge on any atom is -0.392 e. The zero-order valence-corrected chi connectivity index (χ0v) is 9.94. The zero-order chi connectivity index (χ0) is 11.8. The van der Waals surface area contributed by atoms with Gasteiger partial charge < -0.3 is 5.11 Å². The molecule has 0 unspecified atom stereocenters. The number of hydrogen-bond acceptors (Lipinski definition) is 3. The smallest absolute Gasteiger partial charge is 0.243 e. The molecule has 1 aliphatic heterocycles. The number of aliphatic hydroxyl groups is 1. The number of rotatable bonds is 2. The van der Waals surface area contributed by atoms with Crippen molar-refractivity contribution in [2.75, 3.05) is 13.1 Å². The highest BCUT2D eigenvalue weighted by Gasteiger charge is 2.32. The number of hydrogen-bond donors (Lipinski definition) is 1. The molecule has 1 heterocycles. The first-order valence-corrected chi connectivity index (χ1v) is 6.69. The predicted octanol–water partition coefficient (Wildman–Crippen LogP) is 0.750. The molecule has 5 heteroatoms. The molecule has 0 aliphatic carbocycles. The summed E-state index contributed by atoms with van der Waals surface area (Å²) in [5.74, 6) is 0. The number of β-amino-alcohol motifs (C(OH)–C–C–N with tert-alkyl or cyclic N) is 1. The fourth-order valence-electron chi connectivity index (χ4n) is 1.91. The maximum absolute atomic E-state index is 12.2. The van der Waals surface area contributed by atoms with Gasteiger partial charge in [0.2, 0.25) is 10.0 Å². The van der Waals surface area contributed by atoms with Crippen molar-refractivity contribution in [1.82, 2.24) is 4.31 Å². The Hall–Kier alpha value is -0.910. The normalized spacial score (nSPS) is 22.5. The molecule has 0 saturated carbocycles. The second-order valence-corrected chi connectivity index (χ2v) is 5.98. The lowest BCUT2D eigenvalue weighted by Gasteiger charge is -2.17. The third-order valence-corrected chi connectivity index (χ3v) is 4.86. The maximum atomic E-state index is 12.2. The number of nitrogens with zero attached hydrogens (tertiary/aromatic N) is 1. The third kappa shape index (κ3) is 1.98. The molecule has 1 aromatic rings. The Labute approximate surface area is 95.6 Å². The molecular weight excluding hydrogens is 226 g/mol. The third-order valence-electron chi connectivity index (χ3n) is 2.84. The van der Waals surface area contributed by atoms with E-state index in [9.17, 15) is 13.5 Å². The van der Waals surface area contributed by atoms with E-state index in [1.165, 1.54) is 4.31 Å². The summed E-state index contributed by atoms with van der Waals surface area (Å²) in [5, 5.41) is 9.37. The van der Waals surface area contributed by atoms with Gasteiger partial charge in [-0.15, -0.1) is 0 Å². The molecular formula is C11H15NO3S. The molecule has 4 nitrogen and oxygen atoms in total. The molecule has 0 spiro atoms. The minimum absolute atomic E-state index is 0.205. The summed E-state index contributed by atoms with van der Waals surface area (Å²) in [6.07, 6.45) is -0.00994. The second-order valence-electron chi connectivity index (χ2n) is 4.07. The summed E-state index contributed by atoms with van der Waals surface area (Å²) in [6.45, 7) is 2.38. The van der Waals surface area contributed by atoms with Gasteiger partial charge in [0.05, 0.1) is 11.0 Å². The lowest BCUT2D eigenvalue weighted by atomic mass is 10.2. The molecule has 2 rings (SSSR count). The van der Waals surface area contributed by atoms with Crippen LogP contribution in [0.2, 0.25) is 0 Å². The van der Waals surface area contributed by atoms with Gasteiger partial charge in [0, 0.05) is 13.1 Å². The van der Waals surface area contributed by atoms with E-state index in [2.05, 4.69) is 0 Å². The first-order chi connectivity index (χ1) is 7.51. The summed E-state index contributed by atoms with van der Waals surface area (Å²) in [5.41, 5.74) is 0.740. The molecule has 1 fully saturated rings. The van der Waals surface area contributed by atoms with Crippen LogP contribution in [0.4, 0.5) is 0 Å². The highest BCUT2D eigenvalue weighted by molar-refractivity contribution is 7.89. The molecule has 1 N–H and O–H groups in total. The largest absolute Gasteiger partial charge is 0.392 e. The Morgan fingerprint density at radius 1 is 1.38 bits per heavy atom. The monoisotopic (exact) mass is 241 g/mol. The molecule has 1 atom stereocenters. The fraction of sp³-hybridized carbons (Fsp3) is 0.455. The van der Waals surface area contributed by atoms with Crippen LogP contribution in [0.3, 0.4) is 0 Å². The highest BCUT2D eigenvalue weighted by Crippen LogP contribution is 2.23. The van der Waals surface area contributed by atoms with Crippen LogP contribution >= 0.6 is 0 Å². The summed E-state index contributed by atoms with van der Waals surface area (Å²) in [4.78, 5) is 0.337. The summed E-state index contributed by atoms with van der Waals surface area (Å²) in [6, 6.07) is 6.91. The molecule has 1 aromatic carbocycles. The van der Waals surface area contributed by atoms with Crippen LogP contribution in [0.1, 0.15) is 12.0 Å². The van der Waals surface area contributed by atoms with Gasteiger partial charge in [-0.2, -0.15) is 4.31 Å². The standard InChI is InChI=1S/C11H15NO3S/c1-9-4-2-3-5-11(9)16(14,15)12-7-6-10(13)8-12/h2-5,10,13H,6-8H2,1H3/t10-/m1/s1. The van der Waals surface area contributed by atoms with E-state index in [1.54, 1.807) is 25.1 Å². The fourth-order valence-corrected chi connectivity index (χ4v) is 3.63. The summed E-state index contributed by atoms with van der Waals surface area (Å²) >= 11 is 0. The van der Waals surface area contributed by atoms with Crippen molar-refractivity contribution in [1.29, 1.82) is 0 Å². The van der Waals surface area contributed by atoms with Gasteiger partial charge in [0.25, 0.3) is 0 Å². The topological polar surface area (TPSA) is 57.6 Å². The quantitative estimate of drug-likeness (QED) is 0.831. The van der Waals surface area contributed by atoms with Crippen LogP contribution in [-0.4, -0.2) is 37.0 Å². The average molecular weight is 241 g/mol. The Bertz CT molecular complexity index is 484. The van der Waals surface area contributed by atoms with E-state index >= 15 is 0 Å². The number of sulfonamides is 1. The van der Waals surface area contributed by atoms with Gasteiger partial charge in [0.15, 0.2) is 0 Å². The van der Waals surface area contributed by atoms with Crippen LogP contribution in [0.15, 0.2) is 29.2 Å². The van der Waals surface area contributed by atoms with Crippen LogP contribution in [0.5, 0.6) is 0 Å². The van der Waals surface area contributed by atoms with Gasteiger partial charge in [0.1, 0.15) is 0 Å². The predicted molar refractivity (Wildman–Crippen MR) is 60.6 cm³/mol. The van der Waals surface area contributed by atoms with Crippen LogP contribution in [0, 0.1) is 6.92 Å². The Kier molecular flexibility index (Phi) is 3.01. The Balaban J connectivity index is 2.36. The Morgan fingerprint density at radius 3 is 2.62 bits per heavy atom. The van der Waals surface area contributed by atoms with Crippen molar-refractivity contribution in [2.45, 2.75) is 24.3 Å². The number of aryl methyl sites for hydroxylation is 1. The zero-order valence-electron chi connectivity index (χ0n) is 9.13. The molecule has 16 heavy (non-hydrogen) atoms. The average Bonchev–Trinajstić information content (AvgIpc) is 2.66. The van der Waals surface area contributed by atoms with Crippen molar-refractivity contribution in [3.05, 3.63) is 29.8 Å².